The highest BCUT2D eigenvalue weighted by Crippen LogP contribution is 2.23. The first-order valence-electron chi connectivity index (χ1n) is 8.64. The summed E-state index contributed by atoms with van der Waals surface area (Å²) in [6.45, 7) is 10.6. The smallest absolute Gasteiger partial charge is 0.338 e. The topological polar surface area (TPSA) is 102 Å². The van der Waals surface area contributed by atoms with Gasteiger partial charge in [-0.3, -0.25) is 9.59 Å². The number of benzene rings is 1. The maximum Gasteiger partial charge on any atom is 0.338 e. The van der Waals surface area contributed by atoms with Crippen LogP contribution in [0.4, 0.5) is 5.69 Å². The van der Waals surface area contributed by atoms with E-state index in [1.165, 1.54) is 18.2 Å². The van der Waals surface area contributed by atoms with Crippen LogP contribution in [0.25, 0.3) is 0 Å². The number of hydrogen-bond donors (Lipinski definition) is 2. The Morgan fingerprint density at radius 1 is 1.30 bits per heavy atom. The number of carbonyl (C=O) groups is 3. The fourth-order valence-corrected chi connectivity index (χ4v) is 1.89. The summed E-state index contributed by atoms with van der Waals surface area (Å²) < 4.78 is 10.1. The zero-order chi connectivity index (χ0) is 20.6. The minimum absolute atomic E-state index is 0.0125. The molecule has 7 nitrogen and oxygen atoms in total. The maximum atomic E-state index is 12.3. The number of rotatable bonds is 10. The average Bonchev–Trinajstić information content (AvgIpc) is 2.64. The lowest BCUT2D eigenvalue weighted by Crippen LogP contribution is -2.30. The quantitative estimate of drug-likeness (QED) is 0.214. The largest absolute Gasteiger partial charge is 0.460 e. The third kappa shape index (κ3) is 6.96. The van der Waals surface area contributed by atoms with Gasteiger partial charge in [-0.15, -0.1) is 0 Å². The molecule has 7 heteroatoms. The van der Waals surface area contributed by atoms with E-state index in [-0.39, 0.29) is 30.2 Å². The van der Waals surface area contributed by atoms with Gasteiger partial charge < -0.3 is 19.9 Å². The van der Waals surface area contributed by atoms with E-state index in [9.17, 15) is 19.5 Å². The van der Waals surface area contributed by atoms with Crippen LogP contribution in [-0.4, -0.2) is 42.8 Å². The van der Waals surface area contributed by atoms with Crippen molar-refractivity contribution >= 4 is 23.9 Å². The molecule has 0 saturated heterocycles. The number of aliphatic hydroxyl groups is 1. The van der Waals surface area contributed by atoms with Gasteiger partial charge in [0, 0.05) is 16.7 Å². The lowest BCUT2D eigenvalue weighted by atomic mass is 9.89. The molecule has 1 unspecified atom stereocenters. The predicted molar refractivity (Wildman–Crippen MR) is 102 cm³/mol. The summed E-state index contributed by atoms with van der Waals surface area (Å²) in [6, 6.07) is 4.31. The van der Waals surface area contributed by atoms with Crippen LogP contribution >= 0.6 is 0 Å². The summed E-state index contributed by atoms with van der Waals surface area (Å²) >= 11 is 0. The standard InChI is InChI=1S/C20H27NO6/c1-6-20(4,5)19(25)21-16-10-14(12-22)9-15(11-16)18(24)27-8-7-26-17(23)13(2)3/h9-12,17,23H,2,6-8H2,1,3-5H3,(H,21,25). The van der Waals surface area contributed by atoms with Crippen LogP contribution < -0.4 is 5.32 Å². The maximum absolute atomic E-state index is 12.3. The van der Waals surface area contributed by atoms with Crippen molar-refractivity contribution in [1.29, 1.82) is 0 Å². The van der Waals surface area contributed by atoms with Crippen molar-refractivity contribution in [1.82, 2.24) is 0 Å². The second-order valence-electron chi connectivity index (χ2n) is 6.86. The van der Waals surface area contributed by atoms with Gasteiger partial charge in [-0.2, -0.15) is 0 Å². The molecule has 0 heterocycles. The Labute approximate surface area is 159 Å². The number of anilines is 1. The van der Waals surface area contributed by atoms with Gasteiger partial charge in [0.15, 0.2) is 6.29 Å². The molecule has 1 aromatic carbocycles. The predicted octanol–water partition coefficient (Wildman–Crippen LogP) is 2.94. The van der Waals surface area contributed by atoms with Crippen LogP contribution in [0.5, 0.6) is 0 Å². The number of amides is 1. The molecule has 0 bridgehead atoms. The SMILES string of the molecule is C=C(C)C(O)OCCOC(=O)c1cc(C=O)cc(NC(=O)C(C)(C)CC)c1. The molecule has 1 rings (SSSR count). The molecular formula is C20H27NO6. The Morgan fingerprint density at radius 3 is 2.52 bits per heavy atom. The van der Waals surface area contributed by atoms with E-state index < -0.39 is 17.7 Å². The number of aldehydes is 1. The molecule has 1 aromatic rings. The number of ether oxygens (including phenoxy) is 2. The van der Waals surface area contributed by atoms with Crippen molar-refractivity contribution < 1.29 is 29.0 Å². The van der Waals surface area contributed by atoms with Crippen LogP contribution in [0.15, 0.2) is 30.4 Å². The molecule has 0 spiro atoms. The zero-order valence-corrected chi connectivity index (χ0v) is 16.2. The number of nitrogens with one attached hydrogen (secondary N) is 1. The van der Waals surface area contributed by atoms with Crippen molar-refractivity contribution in [2.24, 2.45) is 5.41 Å². The highest BCUT2D eigenvalue weighted by Gasteiger charge is 2.25. The first-order valence-corrected chi connectivity index (χ1v) is 8.64. The minimum Gasteiger partial charge on any atom is -0.460 e. The monoisotopic (exact) mass is 377 g/mol. The van der Waals surface area contributed by atoms with Gasteiger partial charge in [0.05, 0.1) is 12.2 Å². The molecule has 27 heavy (non-hydrogen) atoms. The number of esters is 1. The van der Waals surface area contributed by atoms with Gasteiger partial charge in [-0.25, -0.2) is 4.79 Å². The third-order valence-electron chi connectivity index (χ3n) is 4.10. The molecule has 0 aliphatic rings. The van der Waals surface area contributed by atoms with E-state index in [1.807, 2.05) is 6.92 Å². The van der Waals surface area contributed by atoms with E-state index >= 15 is 0 Å². The number of carbonyl (C=O) groups excluding carboxylic acids is 3. The van der Waals surface area contributed by atoms with Crippen LogP contribution in [0.3, 0.4) is 0 Å². The van der Waals surface area contributed by atoms with Crippen molar-refractivity contribution in [3.05, 3.63) is 41.5 Å². The van der Waals surface area contributed by atoms with Crippen LogP contribution in [0, 0.1) is 5.41 Å². The summed E-state index contributed by atoms with van der Waals surface area (Å²) in [7, 11) is 0. The molecule has 0 aliphatic carbocycles. The van der Waals surface area contributed by atoms with Crippen LogP contribution in [0.1, 0.15) is 54.8 Å². The Bertz CT molecular complexity index is 710. The molecule has 148 valence electrons. The summed E-state index contributed by atoms with van der Waals surface area (Å²) in [5.41, 5.74) is 0.564. The molecule has 0 radical (unpaired) electrons. The molecule has 1 atom stereocenters. The lowest BCUT2D eigenvalue weighted by Gasteiger charge is -2.21. The van der Waals surface area contributed by atoms with E-state index in [0.717, 1.165) is 0 Å². The first-order chi connectivity index (χ1) is 12.6. The summed E-state index contributed by atoms with van der Waals surface area (Å²) in [5, 5.41) is 12.2. The fourth-order valence-electron chi connectivity index (χ4n) is 1.89. The van der Waals surface area contributed by atoms with Crippen molar-refractivity contribution in [3.8, 4) is 0 Å². The number of hydrogen-bond acceptors (Lipinski definition) is 6. The fraction of sp³-hybridized carbons (Fsp3) is 0.450. The van der Waals surface area contributed by atoms with Gasteiger partial charge in [0.1, 0.15) is 12.9 Å². The summed E-state index contributed by atoms with van der Waals surface area (Å²) in [4.78, 5) is 35.7. The molecule has 0 aromatic heterocycles. The van der Waals surface area contributed by atoms with Gasteiger partial charge >= 0.3 is 5.97 Å². The molecule has 0 saturated carbocycles. The van der Waals surface area contributed by atoms with Gasteiger partial charge in [0.2, 0.25) is 5.91 Å². The van der Waals surface area contributed by atoms with E-state index in [2.05, 4.69) is 11.9 Å². The number of aliphatic hydroxyl groups excluding tert-OH is 1. The van der Waals surface area contributed by atoms with Crippen molar-refractivity contribution in [2.45, 2.75) is 40.4 Å². The normalized spacial score (nSPS) is 12.2. The summed E-state index contributed by atoms with van der Waals surface area (Å²) in [5.74, 6) is -0.882. The Kier molecular flexibility index (Phi) is 8.33. The van der Waals surface area contributed by atoms with Crippen LogP contribution in [-0.2, 0) is 14.3 Å². The summed E-state index contributed by atoms with van der Waals surface area (Å²) in [6.07, 6.45) is 0.103. The highest BCUT2D eigenvalue weighted by molar-refractivity contribution is 5.98. The second kappa shape index (κ2) is 9.99. The van der Waals surface area contributed by atoms with Gasteiger partial charge in [-0.1, -0.05) is 27.4 Å². The lowest BCUT2D eigenvalue weighted by molar-refractivity contribution is -0.124. The second-order valence-corrected chi connectivity index (χ2v) is 6.86. The Balaban J connectivity index is 2.80. The Morgan fingerprint density at radius 2 is 1.96 bits per heavy atom. The molecule has 0 aliphatic heterocycles. The average molecular weight is 377 g/mol. The van der Waals surface area contributed by atoms with E-state index in [0.29, 0.717) is 24.0 Å². The molecular weight excluding hydrogens is 350 g/mol. The first kappa shape index (κ1) is 22.5. The third-order valence-corrected chi connectivity index (χ3v) is 4.10. The van der Waals surface area contributed by atoms with Gasteiger partial charge in [-0.05, 0) is 37.1 Å². The minimum atomic E-state index is -1.12. The van der Waals surface area contributed by atoms with Crippen molar-refractivity contribution in [2.75, 3.05) is 18.5 Å². The van der Waals surface area contributed by atoms with E-state index in [4.69, 9.17) is 9.47 Å². The van der Waals surface area contributed by atoms with E-state index in [1.54, 1.807) is 20.8 Å². The Hall–Kier alpha value is -2.51. The van der Waals surface area contributed by atoms with Gasteiger partial charge in [0.25, 0.3) is 0 Å². The molecule has 1 amide bonds. The van der Waals surface area contributed by atoms with Crippen molar-refractivity contribution in [3.63, 3.8) is 0 Å². The van der Waals surface area contributed by atoms with Crippen LogP contribution in [0.2, 0.25) is 0 Å². The zero-order valence-electron chi connectivity index (χ0n) is 16.2. The molecule has 0 fully saturated rings. The highest BCUT2D eigenvalue weighted by atomic mass is 16.6. The molecule has 2 N–H and O–H groups in total.